The van der Waals surface area contributed by atoms with Gasteiger partial charge in [-0.25, -0.2) is 9.97 Å². The van der Waals surface area contributed by atoms with Crippen LogP contribution in [0.1, 0.15) is 5.82 Å². The number of hydrogen-bond donors (Lipinski definition) is 1. The fraction of sp³-hybridized carbons (Fsp3) is 0.333. The molecule has 0 aliphatic heterocycles. The van der Waals surface area contributed by atoms with Crippen molar-refractivity contribution in [1.82, 2.24) is 9.97 Å². The summed E-state index contributed by atoms with van der Waals surface area (Å²) in [6, 6.07) is 1.81. The Morgan fingerprint density at radius 3 is 3.06 bits per heavy atom. The van der Waals surface area contributed by atoms with Crippen molar-refractivity contribution < 1.29 is 30.5 Å². The third kappa shape index (κ3) is 5.13. The van der Waals surface area contributed by atoms with Gasteiger partial charge in [-0.15, -0.1) is 0 Å². The minimum absolute atomic E-state index is 0. The summed E-state index contributed by atoms with van der Waals surface area (Å²) in [5.41, 5.74) is 0. The first-order valence-electron chi connectivity index (χ1n) is 4.45. The number of rotatable bonds is 6. The molecule has 1 aromatic rings. The zero-order valence-electron chi connectivity index (χ0n) is 8.96. The molecular formula is C9H14N3O2PW. The Kier molecular flexibility index (Phi) is 8.58. The van der Waals surface area contributed by atoms with E-state index in [9.17, 15) is 0 Å². The molecular weight excluding hydrogens is 397 g/mol. The first-order chi connectivity index (χ1) is 7.27. The Morgan fingerprint density at radius 2 is 2.44 bits per heavy atom. The van der Waals surface area contributed by atoms with E-state index in [1.54, 1.807) is 12.3 Å². The average Bonchev–Trinajstić information content (AvgIpc) is 2.29. The summed E-state index contributed by atoms with van der Waals surface area (Å²) in [4.78, 5) is 18.7. The van der Waals surface area contributed by atoms with E-state index in [0.717, 1.165) is 5.82 Å². The zero-order chi connectivity index (χ0) is 11.1. The Balaban J connectivity index is 0.00000225. The maximum atomic E-state index is 8.48. The molecule has 0 bridgehead atoms. The summed E-state index contributed by atoms with van der Waals surface area (Å²) in [7, 11) is 1.44. The first kappa shape index (κ1) is 15.7. The molecule has 0 fully saturated rings. The van der Waals surface area contributed by atoms with Crippen molar-refractivity contribution in [1.29, 1.82) is 0 Å². The van der Waals surface area contributed by atoms with E-state index in [1.165, 1.54) is 0 Å². The number of hydrogen-bond acceptors (Lipinski definition) is 5. The van der Waals surface area contributed by atoms with Gasteiger partial charge in [0.1, 0.15) is 5.82 Å². The molecule has 0 radical (unpaired) electrons. The molecule has 1 unspecified atom stereocenters. The van der Waals surface area contributed by atoms with Crippen LogP contribution in [0, 0.1) is 0 Å². The van der Waals surface area contributed by atoms with Crippen LogP contribution in [0.25, 0.3) is 6.08 Å². The Labute approximate surface area is 111 Å². The molecule has 0 saturated carbocycles. The molecule has 0 aromatic carbocycles. The molecule has 5 nitrogen and oxygen atoms in total. The summed E-state index contributed by atoms with van der Waals surface area (Å²) in [6.45, 7) is 4.75. The SMILES string of the molecule is C=Cc1nccc(N(C)CCOPO)n1.[W]. The standard InChI is InChI=1S/C9H14N3O2P.W/c1-3-8-10-5-4-9(11-8)12(2)6-7-14-15-13;/h3-5,13,15H,1,6-7H2,2H3;. The molecule has 1 aromatic heterocycles. The van der Waals surface area contributed by atoms with Gasteiger partial charge in [-0.2, -0.15) is 0 Å². The molecule has 1 heterocycles. The van der Waals surface area contributed by atoms with Gasteiger partial charge in [0.25, 0.3) is 0 Å². The van der Waals surface area contributed by atoms with Crippen LogP contribution in [-0.2, 0) is 25.6 Å². The van der Waals surface area contributed by atoms with Gasteiger partial charge in [-0.05, 0) is 12.1 Å². The van der Waals surface area contributed by atoms with Gasteiger partial charge in [0, 0.05) is 40.9 Å². The molecule has 0 spiro atoms. The largest absolute Gasteiger partial charge is 0.357 e. The Morgan fingerprint density at radius 1 is 1.69 bits per heavy atom. The molecule has 1 N–H and O–H groups in total. The maximum Gasteiger partial charge on any atom is 0.153 e. The van der Waals surface area contributed by atoms with Crippen molar-refractivity contribution in [2.24, 2.45) is 0 Å². The third-order valence-corrected chi connectivity index (χ3v) is 2.16. The van der Waals surface area contributed by atoms with Crippen molar-refractivity contribution in [3.8, 4) is 0 Å². The molecule has 0 amide bonds. The van der Waals surface area contributed by atoms with Crippen LogP contribution in [0.15, 0.2) is 18.8 Å². The molecule has 0 aliphatic rings. The number of anilines is 1. The van der Waals surface area contributed by atoms with Crippen LogP contribution < -0.4 is 4.90 Å². The Hall–Kier alpha value is -0.342. The number of nitrogens with zero attached hydrogens (tertiary/aromatic N) is 3. The molecule has 0 aliphatic carbocycles. The van der Waals surface area contributed by atoms with Gasteiger partial charge in [-0.3, -0.25) is 0 Å². The average molecular weight is 411 g/mol. The van der Waals surface area contributed by atoms with Crippen LogP contribution in [0.5, 0.6) is 0 Å². The van der Waals surface area contributed by atoms with Gasteiger partial charge in [0.15, 0.2) is 14.9 Å². The zero-order valence-corrected chi connectivity index (χ0v) is 12.9. The van der Waals surface area contributed by atoms with Gasteiger partial charge < -0.3 is 14.3 Å². The van der Waals surface area contributed by atoms with E-state index in [1.807, 2.05) is 18.0 Å². The predicted molar refractivity (Wildman–Crippen MR) is 61.9 cm³/mol. The minimum Gasteiger partial charge on any atom is -0.357 e. The summed E-state index contributed by atoms with van der Waals surface area (Å²) in [5.74, 6) is 1.41. The summed E-state index contributed by atoms with van der Waals surface area (Å²) in [6.07, 6.45) is 3.29. The van der Waals surface area contributed by atoms with Crippen LogP contribution >= 0.6 is 9.03 Å². The van der Waals surface area contributed by atoms with Crippen molar-refractivity contribution in [3.63, 3.8) is 0 Å². The van der Waals surface area contributed by atoms with Crippen molar-refractivity contribution >= 4 is 20.9 Å². The summed E-state index contributed by atoms with van der Waals surface area (Å²) in [5, 5.41) is 0. The van der Waals surface area contributed by atoms with E-state index in [2.05, 4.69) is 16.5 Å². The van der Waals surface area contributed by atoms with Crippen molar-refractivity contribution in [2.45, 2.75) is 0 Å². The van der Waals surface area contributed by atoms with Crippen LogP contribution in [0.2, 0.25) is 0 Å². The fourth-order valence-electron chi connectivity index (χ4n) is 1.02. The predicted octanol–water partition coefficient (Wildman–Crippen LogP) is 1.07. The first-order valence-corrected chi connectivity index (χ1v) is 5.31. The molecule has 7 heteroatoms. The third-order valence-electron chi connectivity index (χ3n) is 1.83. The van der Waals surface area contributed by atoms with Crippen molar-refractivity contribution in [3.05, 3.63) is 24.7 Å². The number of aromatic nitrogens is 2. The molecule has 0 saturated heterocycles. The van der Waals surface area contributed by atoms with Gasteiger partial charge in [-0.1, -0.05) is 6.58 Å². The van der Waals surface area contributed by atoms with Crippen LogP contribution in [0.4, 0.5) is 5.82 Å². The molecule has 16 heavy (non-hydrogen) atoms. The van der Waals surface area contributed by atoms with E-state index in [4.69, 9.17) is 9.42 Å². The van der Waals surface area contributed by atoms with E-state index >= 15 is 0 Å². The van der Waals surface area contributed by atoms with Gasteiger partial charge in [0.05, 0.1) is 6.61 Å². The molecule has 1 atom stereocenters. The molecule has 1 rings (SSSR count). The van der Waals surface area contributed by atoms with Crippen molar-refractivity contribution in [2.75, 3.05) is 25.1 Å². The maximum absolute atomic E-state index is 8.48. The second kappa shape index (κ2) is 8.77. The van der Waals surface area contributed by atoms with E-state index < -0.39 is 9.03 Å². The molecule has 88 valence electrons. The van der Waals surface area contributed by atoms with Gasteiger partial charge in [0.2, 0.25) is 0 Å². The normalized spacial score (nSPS) is 10.1. The monoisotopic (exact) mass is 411 g/mol. The van der Waals surface area contributed by atoms with Gasteiger partial charge >= 0.3 is 0 Å². The quantitative estimate of drug-likeness (QED) is 0.561. The topological polar surface area (TPSA) is 58.5 Å². The Bertz CT molecular complexity index is 327. The minimum atomic E-state index is -0.463. The van der Waals surface area contributed by atoms with E-state index in [-0.39, 0.29) is 21.1 Å². The summed E-state index contributed by atoms with van der Waals surface area (Å²) < 4.78 is 4.86. The number of likely N-dealkylation sites (N-methyl/N-ethyl adjacent to an activating group) is 1. The summed E-state index contributed by atoms with van der Waals surface area (Å²) >= 11 is 0. The smallest absolute Gasteiger partial charge is 0.153 e. The van der Waals surface area contributed by atoms with E-state index in [0.29, 0.717) is 19.0 Å². The second-order valence-corrected chi connectivity index (χ2v) is 3.31. The van der Waals surface area contributed by atoms with Crippen LogP contribution in [0.3, 0.4) is 0 Å². The van der Waals surface area contributed by atoms with Crippen LogP contribution in [-0.4, -0.2) is 35.1 Å². The fourth-order valence-corrected chi connectivity index (χ4v) is 1.20. The second-order valence-electron chi connectivity index (χ2n) is 2.84.